The molecule has 2 rings (SSSR count). The number of carbonyl (C=O) groups is 1. The number of thioether (sulfide) groups is 1. The van der Waals surface area contributed by atoms with Gasteiger partial charge in [0.25, 0.3) is 0 Å². The van der Waals surface area contributed by atoms with Crippen LogP contribution in [-0.2, 0) is 11.2 Å². The molecule has 0 saturated heterocycles. The van der Waals surface area contributed by atoms with Crippen LogP contribution >= 0.6 is 11.8 Å². The van der Waals surface area contributed by atoms with Gasteiger partial charge in [0.2, 0.25) is 5.91 Å². The number of anilines is 2. The molecule has 1 aliphatic heterocycles. The molecule has 92 valence electrons. The van der Waals surface area contributed by atoms with E-state index in [2.05, 4.69) is 6.92 Å². The van der Waals surface area contributed by atoms with E-state index in [0.717, 1.165) is 35.8 Å². The van der Waals surface area contributed by atoms with Gasteiger partial charge in [0.05, 0.1) is 0 Å². The highest BCUT2D eigenvalue weighted by Crippen LogP contribution is 2.29. The average Bonchev–Trinajstić information content (AvgIpc) is 2.32. The molecule has 0 spiro atoms. The molecule has 3 nitrogen and oxygen atoms in total. The molecule has 1 amide bonds. The number of aryl methyl sites for hydroxylation is 1. The van der Waals surface area contributed by atoms with Gasteiger partial charge in [0, 0.05) is 30.1 Å². The minimum absolute atomic E-state index is 0.235. The van der Waals surface area contributed by atoms with Gasteiger partial charge in [-0.1, -0.05) is 6.92 Å². The first kappa shape index (κ1) is 12.3. The van der Waals surface area contributed by atoms with Crippen molar-refractivity contribution in [3.63, 3.8) is 0 Å². The number of nitrogens with zero attached hydrogens (tertiary/aromatic N) is 1. The van der Waals surface area contributed by atoms with Crippen molar-refractivity contribution in [1.29, 1.82) is 0 Å². The Bertz CT molecular complexity index is 420. The molecule has 0 aromatic heterocycles. The summed E-state index contributed by atoms with van der Waals surface area (Å²) >= 11 is 1.86. The first-order chi connectivity index (χ1) is 8.22. The third kappa shape index (κ3) is 2.75. The molecule has 0 unspecified atom stereocenters. The predicted molar refractivity (Wildman–Crippen MR) is 74.5 cm³/mol. The Morgan fingerprint density at radius 3 is 3.00 bits per heavy atom. The van der Waals surface area contributed by atoms with Crippen LogP contribution in [0.4, 0.5) is 11.4 Å². The summed E-state index contributed by atoms with van der Waals surface area (Å²) in [6.07, 6.45) is 1.42. The fourth-order valence-electron chi connectivity index (χ4n) is 2.13. The fraction of sp³-hybridized carbons (Fsp3) is 0.462. The van der Waals surface area contributed by atoms with Gasteiger partial charge in [-0.2, -0.15) is 11.8 Å². The molecule has 0 radical (unpaired) electrons. The van der Waals surface area contributed by atoms with Gasteiger partial charge < -0.3 is 10.6 Å². The quantitative estimate of drug-likeness (QED) is 0.659. The number of nitrogens with two attached hydrogens (primary N) is 1. The number of fused-ring (bicyclic) bond motifs is 1. The Labute approximate surface area is 106 Å². The van der Waals surface area contributed by atoms with Gasteiger partial charge in [0.1, 0.15) is 0 Å². The minimum Gasteiger partial charge on any atom is -0.399 e. The average molecular weight is 250 g/mol. The van der Waals surface area contributed by atoms with Crippen molar-refractivity contribution in [2.45, 2.75) is 19.8 Å². The zero-order valence-corrected chi connectivity index (χ0v) is 10.9. The zero-order chi connectivity index (χ0) is 12.3. The van der Waals surface area contributed by atoms with Crippen molar-refractivity contribution in [2.24, 2.45) is 0 Å². The summed E-state index contributed by atoms with van der Waals surface area (Å²) in [5.74, 6) is 2.32. The van der Waals surface area contributed by atoms with Gasteiger partial charge in [-0.25, -0.2) is 0 Å². The number of hydrogen-bond donors (Lipinski definition) is 1. The lowest BCUT2D eigenvalue weighted by molar-refractivity contribution is -0.118. The third-order valence-electron chi connectivity index (χ3n) is 2.97. The van der Waals surface area contributed by atoms with E-state index in [4.69, 9.17) is 5.73 Å². The van der Waals surface area contributed by atoms with E-state index in [0.29, 0.717) is 6.42 Å². The highest BCUT2D eigenvalue weighted by Gasteiger charge is 2.23. The van der Waals surface area contributed by atoms with Crippen LogP contribution in [0.3, 0.4) is 0 Å². The topological polar surface area (TPSA) is 46.3 Å². The number of amides is 1. The van der Waals surface area contributed by atoms with E-state index >= 15 is 0 Å². The molecule has 0 aliphatic carbocycles. The van der Waals surface area contributed by atoms with Crippen LogP contribution in [0.2, 0.25) is 0 Å². The Balaban J connectivity index is 2.18. The molecule has 1 aromatic rings. The summed E-state index contributed by atoms with van der Waals surface area (Å²) in [4.78, 5) is 13.8. The Hall–Kier alpha value is -1.16. The predicted octanol–water partition coefficient (Wildman–Crippen LogP) is 2.30. The molecule has 4 heteroatoms. The van der Waals surface area contributed by atoms with Crippen molar-refractivity contribution >= 4 is 29.0 Å². The molecule has 1 heterocycles. The Morgan fingerprint density at radius 1 is 1.41 bits per heavy atom. The Morgan fingerprint density at radius 2 is 2.24 bits per heavy atom. The number of nitrogen functional groups attached to an aromatic ring is 1. The maximum absolute atomic E-state index is 11.9. The summed E-state index contributed by atoms with van der Waals surface area (Å²) in [7, 11) is 0. The number of benzene rings is 1. The highest BCUT2D eigenvalue weighted by atomic mass is 32.2. The van der Waals surface area contributed by atoms with E-state index in [-0.39, 0.29) is 5.91 Å². The summed E-state index contributed by atoms with van der Waals surface area (Å²) in [6, 6.07) is 5.83. The third-order valence-corrected chi connectivity index (χ3v) is 3.85. The van der Waals surface area contributed by atoms with Gasteiger partial charge in [0.15, 0.2) is 0 Å². The molecular formula is C13H18N2OS. The second-order valence-electron chi connectivity index (χ2n) is 4.13. The first-order valence-electron chi connectivity index (χ1n) is 5.99. The maximum Gasteiger partial charge on any atom is 0.227 e. The Kier molecular flexibility index (Phi) is 3.94. The summed E-state index contributed by atoms with van der Waals surface area (Å²) in [5.41, 5.74) is 8.80. The van der Waals surface area contributed by atoms with Crippen LogP contribution in [0.15, 0.2) is 18.2 Å². The van der Waals surface area contributed by atoms with Crippen LogP contribution in [-0.4, -0.2) is 24.0 Å². The van der Waals surface area contributed by atoms with E-state index in [1.54, 1.807) is 0 Å². The van der Waals surface area contributed by atoms with Crippen molar-refractivity contribution in [2.75, 3.05) is 28.7 Å². The lowest BCUT2D eigenvalue weighted by Gasteiger charge is -2.29. The van der Waals surface area contributed by atoms with E-state index in [1.165, 1.54) is 5.56 Å². The lowest BCUT2D eigenvalue weighted by Crippen LogP contribution is -2.36. The van der Waals surface area contributed by atoms with Crippen LogP contribution in [0.5, 0.6) is 0 Å². The smallest absolute Gasteiger partial charge is 0.227 e. The molecule has 1 aliphatic rings. The lowest BCUT2D eigenvalue weighted by atomic mass is 10.0. The van der Waals surface area contributed by atoms with Gasteiger partial charge >= 0.3 is 0 Å². The largest absolute Gasteiger partial charge is 0.399 e. The highest BCUT2D eigenvalue weighted by molar-refractivity contribution is 7.99. The van der Waals surface area contributed by atoms with Gasteiger partial charge in [-0.3, -0.25) is 4.79 Å². The second kappa shape index (κ2) is 5.45. The summed E-state index contributed by atoms with van der Waals surface area (Å²) < 4.78 is 0. The van der Waals surface area contributed by atoms with E-state index in [1.807, 2.05) is 34.9 Å². The zero-order valence-electron chi connectivity index (χ0n) is 10.1. The molecule has 1 aromatic carbocycles. The SMILES string of the molecule is CCSCCN1C(=O)CCc2cc(N)ccc21. The van der Waals surface area contributed by atoms with Crippen LogP contribution < -0.4 is 10.6 Å². The number of rotatable bonds is 4. The maximum atomic E-state index is 11.9. The monoisotopic (exact) mass is 250 g/mol. The van der Waals surface area contributed by atoms with Crippen molar-refractivity contribution in [3.8, 4) is 0 Å². The van der Waals surface area contributed by atoms with Gasteiger partial charge in [-0.15, -0.1) is 0 Å². The van der Waals surface area contributed by atoms with Crippen LogP contribution in [0, 0.1) is 0 Å². The van der Waals surface area contributed by atoms with Gasteiger partial charge in [-0.05, 0) is 35.9 Å². The molecule has 0 saturated carbocycles. The molecular weight excluding hydrogens is 232 g/mol. The first-order valence-corrected chi connectivity index (χ1v) is 7.14. The number of carbonyl (C=O) groups excluding carboxylic acids is 1. The van der Waals surface area contributed by atoms with Crippen molar-refractivity contribution < 1.29 is 4.79 Å². The summed E-state index contributed by atoms with van der Waals surface area (Å²) in [5, 5.41) is 0. The number of hydrogen-bond acceptors (Lipinski definition) is 3. The van der Waals surface area contributed by atoms with Crippen molar-refractivity contribution in [1.82, 2.24) is 0 Å². The van der Waals surface area contributed by atoms with Crippen LogP contribution in [0.1, 0.15) is 18.9 Å². The molecule has 17 heavy (non-hydrogen) atoms. The van der Waals surface area contributed by atoms with Crippen LogP contribution in [0.25, 0.3) is 0 Å². The molecule has 2 N–H and O–H groups in total. The molecule has 0 bridgehead atoms. The summed E-state index contributed by atoms with van der Waals surface area (Å²) in [6.45, 7) is 2.94. The fourth-order valence-corrected chi connectivity index (χ4v) is 2.73. The van der Waals surface area contributed by atoms with E-state index in [9.17, 15) is 4.79 Å². The van der Waals surface area contributed by atoms with Crippen molar-refractivity contribution in [3.05, 3.63) is 23.8 Å². The minimum atomic E-state index is 0.235. The van der Waals surface area contributed by atoms with E-state index < -0.39 is 0 Å². The second-order valence-corrected chi connectivity index (χ2v) is 5.52. The normalized spacial score (nSPS) is 14.9. The molecule has 0 atom stereocenters. The standard InChI is InChI=1S/C13H18N2OS/c1-2-17-8-7-15-12-5-4-11(14)9-10(12)3-6-13(15)16/h4-5,9H,2-3,6-8,14H2,1H3. The molecule has 0 fully saturated rings.